The van der Waals surface area contributed by atoms with Crippen LogP contribution in [0.15, 0.2) is 0 Å². The quantitative estimate of drug-likeness (QED) is 0.839. The largest absolute Gasteiger partial charge is 0.311 e. The topological polar surface area (TPSA) is 49.4 Å². The second kappa shape index (κ2) is 6.32. The zero-order valence-electron chi connectivity index (χ0n) is 13.2. The summed E-state index contributed by atoms with van der Waals surface area (Å²) in [7, 11) is -2.86. The van der Waals surface area contributed by atoms with Gasteiger partial charge in [0.15, 0.2) is 9.84 Å². The summed E-state index contributed by atoms with van der Waals surface area (Å²) in [4.78, 5) is 2.49. The highest BCUT2D eigenvalue weighted by Crippen LogP contribution is 2.37. The van der Waals surface area contributed by atoms with Gasteiger partial charge in [-0.2, -0.15) is 0 Å². The Morgan fingerprint density at radius 2 is 1.95 bits per heavy atom. The molecule has 1 saturated heterocycles. The highest BCUT2D eigenvalue weighted by molar-refractivity contribution is 7.91. The summed E-state index contributed by atoms with van der Waals surface area (Å²) >= 11 is 0. The smallest absolute Gasteiger partial charge is 0.151 e. The van der Waals surface area contributed by atoms with E-state index in [0.29, 0.717) is 24.3 Å². The molecule has 1 spiro atoms. The Bertz CT molecular complexity index is 414. The molecule has 0 amide bonds. The number of nitrogens with one attached hydrogen (secondary N) is 1. The van der Waals surface area contributed by atoms with Gasteiger partial charge in [0.1, 0.15) is 0 Å². The van der Waals surface area contributed by atoms with Crippen LogP contribution in [0.2, 0.25) is 0 Å². The fourth-order valence-electron chi connectivity index (χ4n) is 3.62. The van der Waals surface area contributed by atoms with Gasteiger partial charge in [-0.3, -0.25) is 4.90 Å². The van der Waals surface area contributed by atoms with E-state index < -0.39 is 9.84 Å². The molecule has 5 heteroatoms. The van der Waals surface area contributed by atoms with E-state index in [-0.39, 0.29) is 11.3 Å². The Morgan fingerprint density at radius 3 is 2.50 bits per heavy atom. The van der Waals surface area contributed by atoms with Gasteiger partial charge in [-0.25, -0.2) is 8.42 Å². The third-order valence-electron chi connectivity index (χ3n) is 5.23. The fraction of sp³-hybridized carbons (Fsp3) is 1.00. The van der Waals surface area contributed by atoms with Gasteiger partial charge in [0.05, 0.1) is 5.75 Å². The van der Waals surface area contributed by atoms with Gasteiger partial charge in [0.2, 0.25) is 0 Å². The van der Waals surface area contributed by atoms with Crippen molar-refractivity contribution in [2.75, 3.05) is 31.1 Å². The lowest BCUT2D eigenvalue weighted by Crippen LogP contribution is -2.65. The van der Waals surface area contributed by atoms with Crippen LogP contribution in [0.25, 0.3) is 0 Å². The minimum absolute atomic E-state index is 0.231. The molecule has 2 rings (SSSR count). The van der Waals surface area contributed by atoms with Crippen LogP contribution < -0.4 is 5.32 Å². The summed E-state index contributed by atoms with van der Waals surface area (Å²) in [5.74, 6) is 1.18. The molecule has 1 atom stereocenters. The Morgan fingerprint density at radius 1 is 1.30 bits per heavy atom. The summed E-state index contributed by atoms with van der Waals surface area (Å²) in [5.41, 5.74) is 0.231. The van der Waals surface area contributed by atoms with Gasteiger partial charge < -0.3 is 5.32 Å². The van der Waals surface area contributed by atoms with Crippen molar-refractivity contribution in [1.82, 2.24) is 10.2 Å². The van der Waals surface area contributed by atoms with Crippen molar-refractivity contribution in [2.24, 2.45) is 5.92 Å². The molecule has 1 heterocycles. The first-order valence-corrected chi connectivity index (χ1v) is 9.89. The first-order valence-electron chi connectivity index (χ1n) is 8.07. The van der Waals surface area contributed by atoms with Crippen molar-refractivity contribution in [1.29, 1.82) is 0 Å². The molecule has 1 aliphatic heterocycles. The minimum Gasteiger partial charge on any atom is -0.311 e. The van der Waals surface area contributed by atoms with Crippen LogP contribution in [0.1, 0.15) is 46.5 Å². The van der Waals surface area contributed by atoms with Gasteiger partial charge in [0, 0.05) is 37.0 Å². The summed E-state index contributed by atoms with van der Waals surface area (Å²) < 4.78 is 23.6. The standard InChI is InChI=1S/C15H30N2O2S/c1-4-20(18,19)10-9-17-11-14(13(2)3)16-12-15(17)7-5-6-8-15/h13-14,16H,4-12H2,1-3H3. The van der Waals surface area contributed by atoms with Crippen LogP contribution >= 0.6 is 0 Å². The predicted octanol–water partition coefficient (Wildman–Crippen LogP) is 1.66. The van der Waals surface area contributed by atoms with Crippen LogP contribution in [0, 0.1) is 5.92 Å². The molecule has 0 bridgehead atoms. The molecule has 1 N–H and O–H groups in total. The van der Waals surface area contributed by atoms with E-state index in [2.05, 4.69) is 24.1 Å². The number of sulfone groups is 1. The van der Waals surface area contributed by atoms with Crippen molar-refractivity contribution < 1.29 is 8.42 Å². The maximum absolute atomic E-state index is 11.8. The van der Waals surface area contributed by atoms with E-state index >= 15 is 0 Å². The third kappa shape index (κ3) is 3.55. The van der Waals surface area contributed by atoms with Crippen LogP contribution in [-0.2, 0) is 9.84 Å². The van der Waals surface area contributed by atoms with E-state index in [9.17, 15) is 8.42 Å². The molecule has 0 aromatic carbocycles. The van der Waals surface area contributed by atoms with Gasteiger partial charge in [-0.1, -0.05) is 33.6 Å². The zero-order valence-corrected chi connectivity index (χ0v) is 14.0. The predicted molar refractivity (Wildman–Crippen MR) is 83.7 cm³/mol. The minimum atomic E-state index is -2.86. The van der Waals surface area contributed by atoms with Crippen LogP contribution in [-0.4, -0.2) is 56.0 Å². The number of hydrogen-bond acceptors (Lipinski definition) is 4. The average Bonchev–Trinajstić information content (AvgIpc) is 2.87. The normalized spacial score (nSPS) is 27.5. The first-order chi connectivity index (χ1) is 9.38. The van der Waals surface area contributed by atoms with Crippen molar-refractivity contribution in [2.45, 2.75) is 58.0 Å². The first kappa shape index (κ1) is 16.2. The summed E-state index contributed by atoms with van der Waals surface area (Å²) in [6.45, 7) is 8.96. The summed E-state index contributed by atoms with van der Waals surface area (Å²) in [5, 5.41) is 3.70. The second-order valence-corrected chi connectivity index (χ2v) is 9.32. The Labute approximate surface area is 124 Å². The lowest BCUT2D eigenvalue weighted by molar-refractivity contribution is 0.0386. The highest BCUT2D eigenvalue weighted by Gasteiger charge is 2.43. The Balaban J connectivity index is 2.06. The molecule has 1 saturated carbocycles. The monoisotopic (exact) mass is 302 g/mol. The van der Waals surface area contributed by atoms with E-state index in [1.807, 2.05) is 0 Å². The molecule has 1 aliphatic carbocycles. The summed E-state index contributed by atoms with van der Waals surface area (Å²) in [6.07, 6.45) is 5.00. The van der Waals surface area contributed by atoms with E-state index in [4.69, 9.17) is 0 Å². The molecule has 0 radical (unpaired) electrons. The number of nitrogens with zero attached hydrogens (tertiary/aromatic N) is 1. The SMILES string of the molecule is CCS(=O)(=O)CCN1CC(C(C)C)NCC12CCCC2. The molecular formula is C15H30N2O2S. The van der Waals surface area contributed by atoms with Gasteiger partial charge in [-0.05, 0) is 18.8 Å². The molecule has 0 aromatic heterocycles. The van der Waals surface area contributed by atoms with Gasteiger partial charge in [0.25, 0.3) is 0 Å². The van der Waals surface area contributed by atoms with Gasteiger partial charge in [-0.15, -0.1) is 0 Å². The maximum Gasteiger partial charge on any atom is 0.151 e. The lowest BCUT2D eigenvalue weighted by Gasteiger charge is -2.49. The molecule has 4 nitrogen and oxygen atoms in total. The number of rotatable bonds is 5. The van der Waals surface area contributed by atoms with Gasteiger partial charge >= 0.3 is 0 Å². The van der Waals surface area contributed by atoms with Crippen LogP contribution in [0.5, 0.6) is 0 Å². The van der Waals surface area contributed by atoms with E-state index in [0.717, 1.165) is 13.1 Å². The lowest BCUT2D eigenvalue weighted by atomic mass is 9.88. The van der Waals surface area contributed by atoms with Crippen molar-refractivity contribution in [3.05, 3.63) is 0 Å². The average molecular weight is 302 g/mol. The number of hydrogen-bond donors (Lipinski definition) is 1. The Hall–Kier alpha value is -0.130. The Kier molecular flexibility index (Phi) is 5.14. The highest BCUT2D eigenvalue weighted by atomic mass is 32.2. The molecule has 118 valence electrons. The van der Waals surface area contributed by atoms with Crippen molar-refractivity contribution in [3.8, 4) is 0 Å². The molecule has 20 heavy (non-hydrogen) atoms. The molecule has 2 aliphatic rings. The maximum atomic E-state index is 11.8. The fourth-order valence-corrected chi connectivity index (χ4v) is 4.41. The third-order valence-corrected chi connectivity index (χ3v) is 6.92. The molecular weight excluding hydrogens is 272 g/mol. The van der Waals surface area contributed by atoms with Crippen molar-refractivity contribution in [3.63, 3.8) is 0 Å². The second-order valence-electron chi connectivity index (χ2n) is 6.85. The zero-order chi connectivity index (χ0) is 14.8. The van der Waals surface area contributed by atoms with Crippen LogP contribution in [0.4, 0.5) is 0 Å². The van der Waals surface area contributed by atoms with Crippen molar-refractivity contribution >= 4 is 9.84 Å². The van der Waals surface area contributed by atoms with E-state index in [1.165, 1.54) is 25.7 Å². The molecule has 2 fully saturated rings. The van der Waals surface area contributed by atoms with Crippen LogP contribution in [0.3, 0.4) is 0 Å². The number of piperazine rings is 1. The molecule has 1 unspecified atom stereocenters. The summed E-state index contributed by atoms with van der Waals surface area (Å²) in [6, 6.07) is 0.491. The van der Waals surface area contributed by atoms with E-state index in [1.54, 1.807) is 6.92 Å². The molecule has 0 aromatic rings.